The number of nitrogens with zero attached hydrogens (tertiary/aromatic N) is 3. The lowest BCUT2D eigenvalue weighted by molar-refractivity contribution is 0.251. The Morgan fingerprint density at radius 3 is 2.71 bits per heavy atom. The van der Waals surface area contributed by atoms with Gasteiger partial charge in [0, 0.05) is 6.54 Å². The number of aryl methyl sites for hydroxylation is 1. The third-order valence-electron chi connectivity index (χ3n) is 3.48. The number of amides is 2. The Hall–Kier alpha value is -3.09. The molecule has 7 nitrogen and oxygen atoms in total. The average molecular weight is 325 g/mol. The van der Waals surface area contributed by atoms with Crippen LogP contribution in [0.4, 0.5) is 10.7 Å². The van der Waals surface area contributed by atoms with Crippen LogP contribution in [0.25, 0.3) is 5.65 Å². The van der Waals surface area contributed by atoms with E-state index in [0.29, 0.717) is 30.6 Å². The van der Waals surface area contributed by atoms with Gasteiger partial charge in [-0.3, -0.25) is 5.32 Å². The highest BCUT2D eigenvalue weighted by Crippen LogP contribution is 2.18. The Kier molecular flexibility index (Phi) is 4.60. The minimum Gasteiger partial charge on any atom is -0.479 e. The summed E-state index contributed by atoms with van der Waals surface area (Å²) >= 11 is 0. The van der Waals surface area contributed by atoms with E-state index in [0.717, 1.165) is 5.56 Å². The second-order valence-electron chi connectivity index (χ2n) is 5.31. The second-order valence-corrected chi connectivity index (χ2v) is 5.31. The minimum absolute atomic E-state index is 0.315. The summed E-state index contributed by atoms with van der Waals surface area (Å²) < 4.78 is 7.21. The van der Waals surface area contributed by atoms with E-state index in [2.05, 4.69) is 20.8 Å². The molecule has 0 aliphatic carbocycles. The van der Waals surface area contributed by atoms with E-state index in [4.69, 9.17) is 4.74 Å². The number of carbonyl (C=O) groups is 1. The van der Waals surface area contributed by atoms with Crippen LogP contribution >= 0.6 is 0 Å². The molecule has 124 valence electrons. The Morgan fingerprint density at radius 1 is 1.17 bits per heavy atom. The van der Waals surface area contributed by atoms with Gasteiger partial charge in [0.15, 0.2) is 5.65 Å². The first-order valence-corrected chi connectivity index (χ1v) is 7.74. The van der Waals surface area contributed by atoms with Crippen LogP contribution in [0.3, 0.4) is 0 Å². The summed E-state index contributed by atoms with van der Waals surface area (Å²) in [6.45, 7) is 4.86. The molecule has 0 saturated heterocycles. The first kappa shape index (κ1) is 15.8. The van der Waals surface area contributed by atoms with Gasteiger partial charge in [-0.1, -0.05) is 35.9 Å². The van der Waals surface area contributed by atoms with Crippen molar-refractivity contribution in [2.75, 3.05) is 11.9 Å². The van der Waals surface area contributed by atoms with Crippen molar-refractivity contribution in [3.05, 3.63) is 53.6 Å². The summed E-state index contributed by atoms with van der Waals surface area (Å²) in [7, 11) is 0. The maximum atomic E-state index is 12.1. The summed E-state index contributed by atoms with van der Waals surface area (Å²) in [5, 5.41) is 13.5. The van der Waals surface area contributed by atoms with Crippen LogP contribution in [0, 0.1) is 6.92 Å². The molecule has 3 rings (SSSR count). The Balaban J connectivity index is 1.70. The van der Waals surface area contributed by atoms with Crippen molar-refractivity contribution in [2.45, 2.75) is 20.4 Å². The molecule has 2 heterocycles. The predicted octanol–water partition coefficient (Wildman–Crippen LogP) is 2.76. The highest BCUT2D eigenvalue weighted by molar-refractivity contribution is 5.87. The van der Waals surface area contributed by atoms with Gasteiger partial charge >= 0.3 is 6.03 Å². The standard InChI is InChI=1S/C17H19N5O2/c1-3-24-15-6-4-5-14-20-21-16(22(14)15)19-17(23)18-11-13-9-7-12(2)8-10-13/h4-10H,3,11H2,1-2H3,(H2,18,19,21,23). The van der Waals surface area contributed by atoms with Crippen LogP contribution in [-0.2, 0) is 6.54 Å². The highest BCUT2D eigenvalue weighted by atomic mass is 16.5. The lowest BCUT2D eigenvalue weighted by Crippen LogP contribution is -2.29. The van der Waals surface area contributed by atoms with E-state index in [1.807, 2.05) is 44.2 Å². The van der Waals surface area contributed by atoms with Gasteiger partial charge in [-0.2, -0.15) is 0 Å². The monoisotopic (exact) mass is 325 g/mol. The largest absolute Gasteiger partial charge is 0.479 e. The molecule has 0 radical (unpaired) electrons. The van der Waals surface area contributed by atoms with Crippen molar-refractivity contribution >= 4 is 17.6 Å². The summed E-state index contributed by atoms with van der Waals surface area (Å²) in [5.41, 5.74) is 2.81. The number of rotatable bonds is 5. The topological polar surface area (TPSA) is 80.6 Å². The number of hydrogen-bond donors (Lipinski definition) is 2. The van der Waals surface area contributed by atoms with Crippen molar-refractivity contribution in [1.82, 2.24) is 19.9 Å². The number of ether oxygens (including phenoxy) is 1. The molecule has 0 bridgehead atoms. The number of aromatic nitrogens is 3. The molecule has 7 heteroatoms. The molecule has 24 heavy (non-hydrogen) atoms. The average Bonchev–Trinajstić information content (AvgIpc) is 2.99. The zero-order valence-electron chi connectivity index (χ0n) is 13.6. The van der Waals surface area contributed by atoms with Gasteiger partial charge in [0.05, 0.1) is 6.61 Å². The summed E-state index contributed by atoms with van der Waals surface area (Å²) in [6.07, 6.45) is 0. The lowest BCUT2D eigenvalue weighted by Gasteiger charge is -2.09. The number of fused-ring (bicyclic) bond motifs is 1. The summed E-state index contributed by atoms with van der Waals surface area (Å²) in [4.78, 5) is 12.1. The molecule has 3 aromatic rings. The van der Waals surface area contributed by atoms with Gasteiger partial charge in [-0.05, 0) is 31.5 Å². The number of urea groups is 1. The molecule has 0 aliphatic rings. The lowest BCUT2D eigenvalue weighted by atomic mass is 10.1. The van der Waals surface area contributed by atoms with Crippen LogP contribution in [0.2, 0.25) is 0 Å². The van der Waals surface area contributed by atoms with E-state index in [1.54, 1.807) is 16.5 Å². The molecule has 0 saturated carbocycles. The molecule has 0 unspecified atom stereocenters. The van der Waals surface area contributed by atoms with Crippen LogP contribution < -0.4 is 15.4 Å². The van der Waals surface area contributed by atoms with Crippen LogP contribution in [-0.4, -0.2) is 27.2 Å². The second kappa shape index (κ2) is 6.99. The maximum absolute atomic E-state index is 12.1. The van der Waals surface area contributed by atoms with E-state index in [1.165, 1.54) is 5.56 Å². The molecule has 0 aliphatic heterocycles. The van der Waals surface area contributed by atoms with Gasteiger partial charge in [-0.25, -0.2) is 9.20 Å². The van der Waals surface area contributed by atoms with Crippen molar-refractivity contribution in [1.29, 1.82) is 0 Å². The SMILES string of the molecule is CCOc1cccc2nnc(NC(=O)NCc3ccc(C)cc3)n12. The highest BCUT2D eigenvalue weighted by Gasteiger charge is 2.12. The molecule has 2 amide bonds. The Bertz CT molecular complexity index is 842. The van der Waals surface area contributed by atoms with Gasteiger partial charge in [-0.15, -0.1) is 10.2 Å². The van der Waals surface area contributed by atoms with Crippen molar-refractivity contribution in [3.8, 4) is 5.88 Å². The van der Waals surface area contributed by atoms with Crippen molar-refractivity contribution in [2.24, 2.45) is 0 Å². The smallest absolute Gasteiger partial charge is 0.321 e. The van der Waals surface area contributed by atoms with Gasteiger partial charge in [0.25, 0.3) is 0 Å². The molecular formula is C17H19N5O2. The van der Waals surface area contributed by atoms with E-state index in [9.17, 15) is 4.79 Å². The number of carbonyl (C=O) groups excluding carboxylic acids is 1. The number of nitrogens with one attached hydrogen (secondary N) is 2. The first-order chi connectivity index (χ1) is 11.7. The Morgan fingerprint density at radius 2 is 1.96 bits per heavy atom. The Labute approximate surface area is 139 Å². The fourth-order valence-electron chi connectivity index (χ4n) is 2.29. The van der Waals surface area contributed by atoms with Gasteiger partial charge < -0.3 is 10.1 Å². The third-order valence-corrected chi connectivity index (χ3v) is 3.48. The van der Waals surface area contributed by atoms with Gasteiger partial charge in [0.1, 0.15) is 0 Å². The van der Waals surface area contributed by atoms with Crippen LogP contribution in [0.1, 0.15) is 18.1 Å². The van der Waals surface area contributed by atoms with E-state index in [-0.39, 0.29) is 6.03 Å². The normalized spacial score (nSPS) is 10.6. The summed E-state index contributed by atoms with van der Waals surface area (Å²) in [6, 6.07) is 13.1. The van der Waals surface area contributed by atoms with E-state index >= 15 is 0 Å². The molecular weight excluding hydrogens is 306 g/mol. The molecule has 2 N–H and O–H groups in total. The van der Waals surface area contributed by atoms with Gasteiger partial charge in [0.2, 0.25) is 11.8 Å². The van der Waals surface area contributed by atoms with Crippen molar-refractivity contribution < 1.29 is 9.53 Å². The molecule has 0 atom stereocenters. The number of hydrogen-bond acceptors (Lipinski definition) is 4. The zero-order valence-corrected chi connectivity index (χ0v) is 13.6. The van der Waals surface area contributed by atoms with Crippen molar-refractivity contribution in [3.63, 3.8) is 0 Å². The summed E-state index contributed by atoms with van der Waals surface area (Å²) in [5.74, 6) is 0.893. The number of benzene rings is 1. The minimum atomic E-state index is -0.351. The number of anilines is 1. The predicted molar refractivity (Wildman–Crippen MR) is 91.2 cm³/mol. The molecule has 1 aromatic carbocycles. The maximum Gasteiger partial charge on any atom is 0.321 e. The zero-order chi connectivity index (χ0) is 16.9. The quantitative estimate of drug-likeness (QED) is 0.756. The van der Waals surface area contributed by atoms with Crippen LogP contribution in [0.5, 0.6) is 5.88 Å². The van der Waals surface area contributed by atoms with E-state index < -0.39 is 0 Å². The molecule has 2 aromatic heterocycles. The fourth-order valence-corrected chi connectivity index (χ4v) is 2.29. The van der Waals surface area contributed by atoms with Crippen LogP contribution in [0.15, 0.2) is 42.5 Å². The molecule has 0 fully saturated rings. The third kappa shape index (κ3) is 3.45. The number of pyridine rings is 1. The fraction of sp³-hybridized carbons (Fsp3) is 0.235. The molecule has 0 spiro atoms. The first-order valence-electron chi connectivity index (χ1n) is 7.74.